The van der Waals surface area contributed by atoms with Crippen molar-refractivity contribution in [3.05, 3.63) is 84.9 Å². The van der Waals surface area contributed by atoms with Gasteiger partial charge in [0.05, 0.1) is 13.2 Å². The van der Waals surface area contributed by atoms with Crippen LogP contribution in [0, 0.1) is 0 Å². The number of rotatable bonds is 13. The molecule has 0 aliphatic carbocycles. The summed E-state index contributed by atoms with van der Waals surface area (Å²) in [6.45, 7) is -1.04. The minimum absolute atomic E-state index is 0.0463. The van der Waals surface area contributed by atoms with Crippen LogP contribution < -0.4 is 31.2 Å². The van der Waals surface area contributed by atoms with Gasteiger partial charge < -0.3 is 29.2 Å². The Morgan fingerprint density at radius 1 is 0.537 bits per heavy atom. The fourth-order valence-electron chi connectivity index (χ4n) is 4.68. The molecule has 278 valence electrons. The van der Waals surface area contributed by atoms with Gasteiger partial charge in [0, 0.05) is 12.1 Å². The lowest BCUT2D eigenvalue weighted by molar-refractivity contribution is -0.124. The predicted molar refractivity (Wildman–Crippen MR) is 187 cm³/mol. The molecule has 0 bridgehead atoms. The number of hydrazine groups is 2. The van der Waals surface area contributed by atoms with Gasteiger partial charge in [-0.25, -0.2) is 20.4 Å². The first-order chi connectivity index (χ1) is 26.2. The zero-order chi connectivity index (χ0) is 37.9. The number of amides is 4. The lowest BCUT2D eigenvalue weighted by atomic mass is 10.3. The van der Waals surface area contributed by atoms with E-state index in [2.05, 4.69) is 42.1 Å². The molecule has 0 aliphatic rings. The fourth-order valence-corrected chi connectivity index (χ4v) is 4.68. The highest BCUT2D eigenvalue weighted by Crippen LogP contribution is 2.28. The normalized spacial score (nSPS) is 10.7. The Labute approximate surface area is 304 Å². The van der Waals surface area contributed by atoms with Crippen LogP contribution in [0.3, 0.4) is 0 Å². The summed E-state index contributed by atoms with van der Waals surface area (Å²) in [6.07, 6.45) is -1.22. The molecule has 4 amide bonds. The summed E-state index contributed by atoms with van der Waals surface area (Å²) in [6, 6.07) is 23.2. The number of nitrogens with zero attached hydrogens (tertiary/aromatic N) is 6. The molecular weight excluding hydrogens is 708 g/mol. The molecule has 0 fully saturated rings. The van der Waals surface area contributed by atoms with Gasteiger partial charge in [-0.1, -0.05) is 24.3 Å². The molecule has 0 aliphatic heterocycles. The molecule has 0 spiro atoms. The van der Waals surface area contributed by atoms with E-state index < -0.39 is 37.2 Å². The predicted octanol–water partition coefficient (Wildman–Crippen LogP) is 2.32. The Hall–Kier alpha value is -7.64. The molecule has 2 heterocycles. The van der Waals surface area contributed by atoms with Crippen LogP contribution in [-0.2, 0) is 19.1 Å². The molecule has 6 rings (SSSR count). The van der Waals surface area contributed by atoms with Crippen LogP contribution in [0.5, 0.6) is 23.0 Å². The first-order valence-electron chi connectivity index (χ1n) is 16.2. The smallest absolute Gasteiger partial charge is 0.426 e. The Bertz CT molecular complexity index is 2070. The van der Waals surface area contributed by atoms with Crippen molar-refractivity contribution in [2.24, 2.45) is 0 Å². The van der Waals surface area contributed by atoms with Gasteiger partial charge in [-0.3, -0.25) is 20.4 Å². The number of carbonyl (C=O) groups is 4. The minimum Gasteiger partial charge on any atom is -0.505 e. The van der Waals surface area contributed by atoms with E-state index in [1.165, 1.54) is 46.0 Å². The summed E-state index contributed by atoms with van der Waals surface area (Å²) in [7, 11) is 0. The second-order valence-electron chi connectivity index (χ2n) is 11.2. The first-order valence-corrected chi connectivity index (χ1v) is 16.2. The van der Waals surface area contributed by atoms with Gasteiger partial charge in [-0.05, 0) is 61.4 Å². The van der Waals surface area contributed by atoms with Gasteiger partial charge in [0.2, 0.25) is 0 Å². The fraction of sp³-hybridized carbons (Fsp3) is 0.176. The molecule has 20 nitrogen and oxygen atoms in total. The number of unbranched alkanes of at least 4 members (excludes halogenated alkanes) is 1. The maximum absolute atomic E-state index is 12.1. The average Bonchev–Trinajstić information content (AvgIpc) is 3.80. The van der Waals surface area contributed by atoms with E-state index >= 15 is 0 Å². The summed E-state index contributed by atoms with van der Waals surface area (Å²) in [4.78, 5) is 50.4. The maximum atomic E-state index is 12.1. The highest BCUT2D eigenvalue weighted by atomic mass is 16.6. The number of phenols is 2. The lowest BCUT2D eigenvalue weighted by Crippen LogP contribution is -2.44. The summed E-state index contributed by atoms with van der Waals surface area (Å²) in [5.41, 5.74) is 11.7. The van der Waals surface area contributed by atoms with Crippen LogP contribution in [0.2, 0.25) is 0 Å². The summed E-state index contributed by atoms with van der Waals surface area (Å²) < 4.78 is 20.6. The summed E-state index contributed by atoms with van der Waals surface area (Å²) in [5.74, 6) is -1.35. The Kier molecular flexibility index (Phi) is 11.4. The minimum atomic E-state index is -0.928. The van der Waals surface area contributed by atoms with E-state index in [0.717, 1.165) is 0 Å². The van der Waals surface area contributed by atoms with E-state index in [-0.39, 0.29) is 36.2 Å². The van der Waals surface area contributed by atoms with Crippen molar-refractivity contribution in [1.29, 1.82) is 0 Å². The molecule has 4 aromatic carbocycles. The average molecular weight is 741 g/mol. The highest BCUT2D eigenvalue weighted by molar-refractivity contribution is 5.81. The number of aromatic hydroxyl groups is 2. The third kappa shape index (κ3) is 9.57. The van der Waals surface area contributed by atoms with Crippen molar-refractivity contribution >= 4 is 46.1 Å². The van der Waals surface area contributed by atoms with Gasteiger partial charge in [-0.2, -0.15) is 0 Å². The Morgan fingerprint density at radius 2 is 0.907 bits per heavy atom. The van der Waals surface area contributed by atoms with Crippen molar-refractivity contribution in [1.82, 2.24) is 51.7 Å². The van der Waals surface area contributed by atoms with Crippen LogP contribution in [0.1, 0.15) is 12.8 Å². The molecule has 6 N–H and O–H groups in total. The van der Waals surface area contributed by atoms with Gasteiger partial charge in [0.15, 0.2) is 13.2 Å². The van der Waals surface area contributed by atoms with Crippen LogP contribution in [0.4, 0.5) is 9.59 Å². The Balaban J connectivity index is 0.787. The van der Waals surface area contributed by atoms with E-state index in [0.29, 0.717) is 46.3 Å². The van der Waals surface area contributed by atoms with Crippen molar-refractivity contribution in [2.75, 3.05) is 26.4 Å². The number of phenolic OH excluding ortho intramolecular Hbond substituents is 2. The summed E-state index contributed by atoms with van der Waals surface area (Å²) in [5, 5.41) is 38.1. The molecule has 2 aromatic heterocycles. The lowest BCUT2D eigenvalue weighted by Gasteiger charge is -2.11. The van der Waals surface area contributed by atoms with Gasteiger partial charge >= 0.3 is 12.2 Å². The number of nitrogens with one attached hydrogen (secondary N) is 4. The second kappa shape index (κ2) is 17.0. The van der Waals surface area contributed by atoms with E-state index in [1.54, 1.807) is 24.3 Å². The summed E-state index contributed by atoms with van der Waals surface area (Å²) >= 11 is 0. The number of hydrogen-bond donors (Lipinski definition) is 6. The monoisotopic (exact) mass is 740 g/mol. The van der Waals surface area contributed by atoms with E-state index in [9.17, 15) is 29.4 Å². The van der Waals surface area contributed by atoms with E-state index in [4.69, 9.17) is 18.9 Å². The van der Waals surface area contributed by atoms with Gasteiger partial charge in [0.25, 0.3) is 11.8 Å². The molecule has 0 saturated heterocycles. The van der Waals surface area contributed by atoms with Gasteiger partial charge in [0.1, 0.15) is 56.4 Å². The standard InChI is InChI=1S/C34H32N10O10/c45-29-17-21(11-13-27(29)43-39-23-7-1-2-8-24(23)40-43)53-19-31(47)35-37-33(49)51-15-5-6-16-52-34(50)38-36-32(48)20-54-22-12-14-28(30(46)18-22)44-41-25-9-3-4-10-26(25)42-44/h1-4,7-14,17-18,45-46H,5-6,15-16,19-20H2,(H,35,47)(H,36,48)(H,37,49)(H,38,50). The van der Waals surface area contributed by atoms with Crippen LogP contribution in [0.25, 0.3) is 33.4 Å². The van der Waals surface area contributed by atoms with Crippen molar-refractivity contribution in [3.8, 4) is 34.4 Å². The van der Waals surface area contributed by atoms with Crippen LogP contribution in [0.15, 0.2) is 84.9 Å². The number of benzene rings is 4. The quantitative estimate of drug-likeness (QED) is 0.0734. The molecule has 20 heteroatoms. The van der Waals surface area contributed by atoms with Crippen LogP contribution in [-0.4, -0.2) is 90.6 Å². The second-order valence-corrected chi connectivity index (χ2v) is 11.2. The molecule has 0 saturated carbocycles. The molecule has 0 atom stereocenters. The number of carbonyl (C=O) groups excluding carboxylic acids is 4. The van der Waals surface area contributed by atoms with Gasteiger partial charge in [-0.15, -0.1) is 30.0 Å². The number of aromatic nitrogens is 6. The number of fused-ring (bicyclic) bond motifs is 2. The van der Waals surface area contributed by atoms with Crippen molar-refractivity contribution in [2.45, 2.75) is 12.8 Å². The third-order valence-electron chi connectivity index (χ3n) is 7.25. The highest BCUT2D eigenvalue weighted by Gasteiger charge is 2.14. The molecule has 0 radical (unpaired) electrons. The number of hydrogen-bond acceptors (Lipinski definition) is 14. The van der Waals surface area contributed by atoms with E-state index in [1.807, 2.05) is 24.3 Å². The number of ether oxygens (including phenoxy) is 4. The first kappa shape index (κ1) is 36.2. The molecule has 54 heavy (non-hydrogen) atoms. The zero-order valence-corrected chi connectivity index (χ0v) is 28.2. The Morgan fingerprint density at radius 3 is 1.26 bits per heavy atom. The topological polar surface area (TPSA) is 255 Å². The molecule has 6 aromatic rings. The maximum Gasteiger partial charge on any atom is 0.426 e. The molecular formula is C34H32N10O10. The third-order valence-corrected chi connectivity index (χ3v) is 7.25. The molecule has 0 unspecified atom stereocenters. The van der Waals surface area contributed by atoms with Crippen molar-refractivity contribution in [3.63, 3.8) is 0 Å². The zero-order valence-electron chi connectivity index (χ0n) is 28.2. The van der Waals surface area contributed by atoms with Crippen molar-refractivity contribution < 1.29 is 48.3 Å². The largest absolute Gasteiger partial charge is 0.505 e. The van der Waals surface area contributed by atoms with Crippen LogP contribution >= 0.6 is 0 Å². The SMILES string of the molecule is O=C(COc1ccc(-n2nc3ccccc3n2)c(O)c1)NNC(=O)OCCCCOC(=O)NNC(=O)COc1ccc(-n2nc3ccccc3n2)c(O)c1.